The molecule has 1 fully saturated rings. The number of ether oxygens (including phenoxy) is 4. The van der Waals surface area contributed by atoms with Crippen molar-refractivity contribution in [3.63, 3.8) is 0 Å². The molecule has 0 atom stereocenters. The van der Waals surface area contributed by atoms with Gasteiger partial charge >= 0.3 is 0 Å². The molecule has 0 radical (unpaired) electrons. The molecule has 1 saturated heterocycles. The number of nitrogens with zero attached hydrogens (tertiary/aromatic N) is 3. The first-order valence-electron chi connectivity index (χ1n) is 17.6. The van der Waals surface area contributed by atoms with Gasteiger partial charge in [-0.3, -0.25) is 9.69 Å². The van der Waals surface area contributed by atoms with Crippen molar-refractivity contribution in [2.45, 2.75) is 33.4 Å². The zero-order chi connectivity index (χ0) is 37.2. The highest BCUT2D eigenvalue weighted by Crippen LogP contribution is 2.34. The van der Waals surface area contributed by atoms with Crippen LogP contribution in [0.4, 0.5) is 4.39 Å². The van der Waals surface area contributed by atoms with Gasteiger partial charge in [-0.2, -0.15) is 0 Å². The molecule has 282 valence electrons. The fraction of sp³-hybridized carbons (Fsp3) is 0.256. The maximum atomic E-state index is 13.7. The highest BCUT2D eigenvalue weighted by atomic mass is 35.5. The Bertz CT molecular complexity index is 1970. The third kappa shape index (κ3) is 11.5. The summed E-state index contributed by atoms with van der Waals surface area (Å²) in [6.07, 6.45) is 5.76. The third-order valence-corrected chi connectivity index (χ3v) is 9.21. The van der Waals surface area contributed by atoms with Crippen LogP contribution < -0.4 is 18.9 Å². The molecule has 0 aliphatic carbocycles. The number of hydrogen-bond donors (Lipinski definition) is 0. The monoisotopic (exact) mass is 771 g/mol. The van der Waals surface area contributed by atoms with E-state index in [1.165, 1.54) is 23.3 Å². The van der Waals surface area contributed by atoms with Crippen LogP contribution in [0.15, 0.2) is 103 Å². The number of aromatic nitrogens is 1. The number of methoxy groups -OCH3 is 1. The molecule has 0 unspecified atom stereocenters. The summed E-state index contributed by atoms with van der Waals surface area (Å²) in [4.78, 5) is 21.6. The van der Waals surface area contributed by atoms with Crippen molar-refractivity contribution >= 4 is 36.0 Å². The standard InChI is InChI=1S/C43H43ClFN3O5.ClH/c1-30-22-35(25-36(45)23-30)29-52-39-13-14-41(46-27-39)53-43-31(2)24-34(26-40(43)44)8-15-42(49)48-19-17-47(18-20-48)28-33-6-4-32(5-7-33)16-21-51-38-11-9-37(50-3)10-12-38;/h4-15,22-27H,16-21,28-29H2,1-3H3;1H/b15-8+;. The maximum absolute atomic E-state index is 13.7. The van der Waals surface area contributed by atoms with Crippen LogP contribution in [0, 0.1) is 19.7 Å². The van der Waals surface area contributed by atoms with E-state index in [-0.39, 0.29) is 30.7 Å². The van der Waals surface area contributed by atoms with E-state index in [0.29, 0.717) is 42.1 Å². The summed E-state index contributed by atoms with van der Waals surface area (Å²) in [7, 11) is 1.65. The lowest BCUT2D eigenvalue weighted by atomic mass is 10.1. The second-order valence-electron chi connectivity index (χ2n) is 13.0. The molecule has 6 rings (SSSR count). The molecule has 11 heteroatoms. The fourth-order valence-corrected chi connectivity index (χ4v) is 6.40. The minimum Gasteiger partial charge on any atom is -0.497 e. The summed E-state index contributed by atoms with van der Waals surface area (Å²) in [6.45, 7) is 8.35. The molecule has 1 aromatic heterocycles. The van der Waals surface area contributed by atoms with Crippen LogP contribution in [0.1, 0.15) is 33.4 Å². The average Bonchev–Trinajstić information content (AvgIpc) is 3.16. The van der Waals surface area contributed by atoms with E-state index in [1.807, 2.05) is 55.1 Å². The van der Waals surface area contributed by atoms with Gasteiger partial charge in [0.2, 0.25) is 11.8 Å². The molecule has 8 nitrogen and oxygen atoms in total. The molecule has 1 aliphatic heterocycles. The van der Waals surface area contributed by atoms with Crippen LogP contribution in [0.25, 0.3) is 6.08 Å². The van der Waals surface area contributed by atoms with Crippen LogP contribution in [-0.2, 0) is 24.4 Å². The van der Waals surface area contributed by atoms with Crippen molar-refractivity contribution in [2.24, 2.45) is 0 Å². The van der Waals surface area contributed by atoms with E-state index in [9.17, 15) is 9.18 Å². The van der Waals surface area contributed by atoms with Gasteiger partial charge < -0.3 is 23.8 Å². The normalized spacial score (nSPS) is 13.0. The molecule has 2 heterocycles. The second kappa shape index (κ2) is 19.3. The Morgan fingerprint density at radius 3 is 2.20 bits per heavy atom. The van der Waals surface area contributed by atoms with E-state index in [2.05, 4.69) is 34.1 Å². The van der Waals surface area contributed by atoms with Gasteiger partial charge in [-0.25, -0.2) is 9.37 Å². The summed E-state index contributed by atoms with van der Waals surface area (Å²) < 4.78 is 36.5. The van der Waals surface area contributed by atoms with Crippen molar-refractivity contribution in [1.29, 1.82) is 0 Å². The summed E-state index contributed by atoms with van der Waals surface area (Å²) in [5.41, 5.74) is 5.65. The van der Waals surface area contributed by atoms with Gasteiger partial charge in [0.25, 0.3) is 0 Å². The molecule has 0 bridgehead atoms. The number of benzene rings is 4. The summed E-state index contributed by atoms with van der Waals surface area (Å²) in [5, 5.41) is 0.407. The smallest absolute Gasteiger partial charge is 0.246 e. The van der Waals surface area contributed by atoms with Crippen molar-refractivity contribution in [3.05, 3.63) is 147 Å². The number of pyridine rings is 1. The SMILES string of the molecule is COc1ccc(OCCc2ccc(CN3CCN(C(=O)/C=C/c4cc(C)c(Oc5ccc(OCc6cc(C)cc(F)c6)cn5)c(Cl)c4)CC3)cc2)cc1.Cl. The Hall–Kier alpha value is -5.09. The first-order chi connectivity index (χ1) is 25.7. The predicted molar refractivity (Wildman–Crippen MR) is 213 cm³/mol. The number of carbonyl (C=O) groups excluding carboxylic acids is 1. The number of piperazine rings is 1. The highest BCUT2D eigenvalue weighted by molar-refractivity contribution is 6.32. The van der Waals surface area contributed by atoms with Crippen LogP contribution in [0.2, 0.25) is 5.02 Å². The first kappa shape index (κ1) is 40.1. The first-order valence-corrected chi connectivity index (χ1v) is 18.0. The van der Waals surface area contributed by atoms with Gasteiger partial charge in [0.05, 0.1) is 24.9 Å². The molecule has 5 aromatic rings. The Kier molecular flexibility index (Phi) is 14.3. The fourth-order valence-electron chi connectivity index (χ4n) is 6.09. The second-order valence-corrected chi connectivity index (χ2v) is 13.4. The van der Waals surface area contributed by atoms with E-state index in [4.69, 9.17) is 30.5 Å². The summed E-state index contributed by atoms with van der Waals surface area (Å²) in [6, 6.07) is 28.2. The number of halogens is 3. The minimum atomic E-state index is -0.292. The molecule has 0 spiro atoms. The molecule has 1 aliphatic rings. The van der Waals surface area contributed by atoms with Gasteiger partial charge in [0, 0.05) is 51.3 Å². The topological polar surface area (TPSA) is 73.4 Å². The molecule has 1 amide bonds. The average molecular weight is 773 g/mol. The van der Waals surface area contributed by atoms with Gasteiger partial charge in [-0.05, 0) is 108 Å². The quantitative estimate of drug-likeness (QED) is 0.104. The molecule has 54 heavy (non-hydrogen) atoms. The summed E-state index contributed by atoms with van der Waals surface area (Å²) in [5.74, 6) is 2.68. The number of hydrogen-bond acceptors (Lipinski definition) is 7. The molecular formula is C43H44Cl2FN3O5. The van der Waals surface area contributed by atoms with Gasteiger partial charge in [-0.15, -0.1) is 12.4 Å². The lowest BCUT2D eigenvalue weighted by molar-refractivity contribution is -0.127. The van der Waals surface area contributed by atoms with Crippen molar-refractivity contribution < 1.29 is 28.1 Å². The van der Waals surface area contributed by atoms with E-state index in [1.54, 1.807) is 43.7 Å². The van der Waals surface area contributed by atoms with Crippen LogP contribution >= 0.6 is 24.0 Å². The van der Waals surface area contributed by atoms with E-state index < -0.39 is 0 Å². The Balaban J connectivity index is 0.00000561. The minimum absolute atomic E-state index is 0. The number of amides is 1. The zero-order valence-electron chi connectivity index (χ0n) is 30.6. The van der Waals surface area contributed by atoms with E-state index >= 15 is 0 Å². The highest BCUT2D eigenvalue weighted by Gasteiger charge is 2.20. The van der Waals surface area contributed by atoms with Crippen molar-refractivity contribution in [3.8, 4) is 28.9 Å². The Labute approximate surface area is 327 Å². The van der Waals surface area contributed by atoms with Crippen molar-refractivity contribution in [2.75, 3.05) is 39.9 Å². The van der Waals surface area contributed by atoms with Crippen LogP contribution in [0.3, 0.4) is 0 Å². The van der Waals surface area contributed by atoms with Gasteiger partial charge in [-0.1, -0.05) is 41.9 Å². The Morgan fingerprint density at radius 2 is 1.54 bits per heavy atom. The number of aryl methyl sites for hydroxylation is 2. The number of carbonyl (C=O) groups is 1. The number of rotatable bonds is 14. The molecule has 0 saturated carbocycles. The Morgan fingerprint density at radius 1 is 0.833 bits per heavy atom. The van der Waals surface area contributed by atoms with Gasteiger partial charge in [0.15, 0.2) is 5.75 Å². The molecule has 4 aromatic carbocycles. The van der Waals surface area contributed by atoms with Crippen LogP contribution in [0.5, 0.6) is 28.9 Å². The molecular weight excluding hydrogens is 728 g/mol. The molecule has 0 N–H and O–H groups in total. The van der Waals surface area contributed by atoms with Crippen LogP contribution in [-0.4, -0.2) is 60.6 Å². The van der Waals surface area contributed by atoms with Gasteiger partial charge in [0.1, 0.15) is 29.7 Å². The maximum Gasteiger partial charge on any atom is 0.246 e. The zero-order valence-corrected chi connectivity index (χ0v) is 32.2. The lowest BCUT2D eigenvalue weighted by Gasteiger charge is -2.34. The summed E-state index contributed by atoms with van der Waals surface area (Å²) >= 11 is 6.62. The predicted octanol–water partition coefficient (Wildman–Crippen LogP) is 9.27. The third-order valence-electron chi connectivity index (χ3n) is 8.93. The van der Waals surface area contributed by atoms with E-state index in [0.717, 1.165) is 59.8 Å². The lowest BCUT2D eigenvalue weighted by Crippen LogP contribution is -2.47. The largest absolute Gasteiger partial charge is 0.497 e. The van der Waals surface area contributed by atoms with Crippen molar-refractivity contribution in [1.82, 2.24) is 14.8 Å².